The second-order valence-electron chi connectivity index (χ2n) is 8.11. The van der Waals surface area contributed by atoms with Gasteiger partial charge in [0.05, 0.1) is 16.2 Å². The second-order valence-corrected chi connectivity index (χ2v) is 11.1. The van der Waals surface area contributed by atoms with Crippen molar-refractivity contribution in [2.75, 3.05) is 12.0 Å². The Hall–Kier alpha value is -2.69. The maximum atomic E-state index is 13.5. The third-order valence-corrected chi connectivity index (χ3v) is 8.10. The highest BCUT2D eigenvalue weighted by Crippen LogP contribution is 2.37. The lowest BCUT2D eigenvalue weighted by Gasteiger charge is -2.15. The molecule has 1 heterocycles. The van der Waals surface area contributed by atoms with Gasteiger partial charge in [0.2, 0.25) is 0 Å². The van der Waals surface area contributed by atoms with Crippen molar-refractivity contribution < 1.29 is 12.8 Å². The first-order valence-electron chi connectivity index (χ1n) is 10.5. The highest BCUT2D eigenvalue weighted by Gasteiger charge is 2.20. The predicted octanol–water partition coefficient (Wildman–Crippen LogP) is 6.11. The Morgan fingerprint density at radius 2 is 1.69 bits per heavy atom. The molecule has 2 aromatic carbocycles. The second kappa shape index (κ2) is 9.43. The normalized spacial score (nSPS) is 14.4. The first-order chi connectivity index (χ1) is 15.3. The van der Waals surface area contributed by atoms with Crippen LogP contribution in [0.15, 0.2) is 64.5 Å². The van der Waals surface area contributed by atoms with Crippen LogP contribution in [0.1, 0.15) is 31.2 Å². The number of thioether (sulfide) groups is 1. The number of sulfone groups is 1. The van der Waals surface area contributed by atoms with E-state index in [2.05, 4.69) is 6.07 Å². The molecule has 4 rings (SSSR count). The largest absolute Gasteiger partial charge is 0.239 e. The Labute approximate surface area is 192 Å². The summed E-state index contributed by atoms with van der Waals surface area (Å²) >= 11 is 1.60. The van der Waals surface area contributed by atoms with E-state index < -0.39 is 9.84 Å². The van der Waals surface area contributed by atoms with Gasteiger partial charge < -0.3 is 0 Å². The molecule has 0 atom stereocenters. The molecule has 1 aliphatic rings. The van der Waals surface area contributed by atoms with Gasteiger partial charge in [0.1, 0.15) is 16.9 Å². The molecule has 0 aliphatic heterocycles. The van der Waals surface area contributed by atoms with E-state index in [-0.39, 0.29) is 10.7 Å². The van der Waals surface area contributed by atoms with Crippen LogP contribution in [0.25, 0.3) is 22.4 Å². The molecular formula is C25H23FN2O2S2. The molecule has 7 heteroatoms. The van der Waals surface area contributed by atoms with Crippen molar-refractivity contribution in [2.45, 2.75) is 35.6 Å². The Bertz CT molecular complexity index is 1260. The Morgan fingerprint density at radius 3 is 2.28 bits per heavy atom. The number of nitriles is 1. The summed E-state index contributed by atoms with van der Waals surface area (Å²) in [4.78, 5) is 5.08. The predicted molar refractivity (Wildman–Crippen MR) is 126 cm³/mol. The van der Waals surface area contributed by atoms with Crippen LogP contribution in [0.5, 0.6) is 0 Å². The van der Waals surface area contributed by atoms with Crippen molar-refractivity contribution in [3.05, 3.63) is 66.0 Å². The number of hydrogen-bond donors (Lipinski definition) is 0. The number of pyridine rings is 1. The summed E-state index contributed by atoms with van der Waals surface area (Å²) in [5.41, 5.74) is 3.32. The van der Waals surface area contributed by atoms with Crippen LogP contribution in [0, 0.1) is 23.1 Å². The smallest absolute Gasteiger partial charge is 0.175 e. The minimum atomic E-state index is -3.32. The van der Waals surface area contributed by atoms with Gasteiger partial charge in [-0.15, -0.1) is 11.8 Å². The van der Waals surface area contributed by atoms with E-state index in [1.807, 2.05) is 0 Å². The molecule has 1 aliphatic carbocycles. The van der Waals surface area contributed by atoms with Crippen molar-refractivity contribution in [1.82, 2.24) is 4.98 Å². The topological polar surface area (TPSA) is 70.8 Å². The van der Waals surface area contributed by atoms with E-state index in [9.17, 15) is 18.1 Å². The van der Waals surface area contributed by atoms with Crippen LogP contribution >= 0.6 is 11.8 Å². The molecule has 0 unspecified atom stereocenters. The molecule has 0 bridgehead atoms. The molecule has 32 heavy (non-hydrogen) atoms. The lowest BCUT2D eigenvalue weighted by Crippen LogP contribution is -2.01. The molecule has 3 aromatic rings. The zero-order valence-electron chi connectivity index (χ0n) is 17.7. The average Bonchev–Trinajstić information content (AvgIpc) is 3.31. The fourth-order valence-corrected chi connectivity index (χ4v) is 5.76. The SMILES string of the molecule is CS(=O)(=O)c1ccc(-c2cc(C#N)c(SCC3CCCC3)nc2-c2ccc(F)cc2)cc1. The van der Waals surface area contributed by atoms with Gasteiger partial charge in [-0.2, -0.15) is 5.26 Å². The number of benzene rings is 2. The third kappa shape index (κ3) is 5.03. The van der Waals surface area contributed by atoms with Gasteiger partial charge >= 0.3 is 0 Å². The molecule has 0 amide bonds. The van der Waals surface area contributed by atoms with E-state index in [4.69, 9.17) is 4.98 Å². The summed E-state index contributed by atoms with van der Waals surface area (Å²) in [6.07, 6.45) is 6.10. The highest BCUT2D eigenvalue weighted by atomic mass is 32.2. The van der Waals surface area contributed by atoms with E-state index >= 15 is 0 Å². The average molecular weight is 467 g/mol. The van der Waals surface area contributed by atoms with E-state index in [1.54, 1.807) is 54.2 Å². The fourth-order valence-electron chi connectivity index (χ4n) is 3.99. The molecule has 0 saturated heterocycles. The van der Waals surface area contributed by atoms with Crippen LogP contribution in [0.4, 0.5) is 4.39 Å². The van der Waals surface area contributed by atoms with Gasteiger partial charge in [0.15, 0.2) is 9.84 Å². The highest BCUT2D eigenvalue weighted by molar-refractivity contribution is 7.99. The Kier molecular flexibility index (Phi) is 6.63. The number of aromatic nitrogens is 1. The molecular weight excluding hydrogens is 443 g/mol. The third-order valence-electron chi connectivity index (χ3n) is 5.75. The van der Waals surface area contributed by atoms with Gasteiger partial charge in [0, 0.05) is 23.1 Å². The number of hydrogen-bond acceptors (Lipinski definition) is 5. The maximum Gasteiger partial charge on any atom is 0.175 e. The minimum absolute atomic E-state index is 0.224. The van der Waals surface area contributed by atoms with Gasteiger partial charge in [-0.1, -0.05) is 25.0 Å². The molecule has 1 fully saturated rings. The van der Waals surface area contributed by atoms with E-state index in [0.717, 1.165) is 23.1 Å². The van der Waals surface area contributed by atoms with E-state index in [1.165, 1.54) is 37.8 Å². The number of rotatable bonds is 6. The lowest BCUT2D eigenvalue weighted by molar-refractivity contribution is 0.602. The first kappa shape index (κ1) is 22.5. The molecule has 0 radical (unpaired) electrons. The molecule has 0 N–H and O–H groups in total. The number of nitrogens with zero attached hydrogens (tertiary/aromatic N) is 2. The van der Waals surface area contributed by atoms with Gasteiger partial charge in [-0.25, -0.2) is 17.8 Å². The van der Waals surface area contributed by atoms with Crippen molar-refractivity contribution in [1.29, 1.82) is 5.26 Å². The number of halogens is 1. The van der Waals surface area contributed by atoms with Crippen LogP contribution < -0.4 is 0 Å². The summed E-state index contributed by atoms with van der Waals surface area (Å²) in [7, 11) is -3.32. The first-order valence-corrected chi connectivity index (χ1v) is 13.4. The molecule has 0 spiro atoms. The van der Waals surface area contributed by atoms with Crippen LogP contribution in [-0.2, 0) is 9.84 Å². The van der Waals surface area contributed by atoms with Gasteiger partial charge in [-0.05, 0) is 66.8 Å². The van der Waals surface area contributed by atoms with Crippen molar-refractivity contribution in [3.8, 4) is 28.5 Å². The Balaban J connectivity index is 1.80. The monoisotopic (exact) mass is 466 g/mol. The molecule has 1 aromatic heterocycles. The molecule has 4 nitrogen and oxygen atoms in total. The standard InChI is InChI=1S/C25H23FN2O2S2/c1-32(29,30)22-12-8-18(9-13-22)23-14-20(15-27)25(31-16-17-4-2-3-5-17)28-24(23)19-6-10-21(26)11-7-19/h6-14,17H,2-5,16H2,1H3. The van der Waals surface area contributed by atoms with Crippen molar-refractivity contribution in [3.63, 3.8) is 0 Å². The fraction of sp³-hybridized carbons (Fsp3) is 0.280. The minimum Gasteiger partial charge on any atom is -0.239 e. The summed E-state index contributed by atoms with van der Waals surface area (Å²) in [5.74, 6) is 1.23. The van der Waals surface area contributed by atoms with Crippen LogP contribution in [-0.4, -0.2) is 25.4 Å². The van der Waals surface area contributed by atoms with Crippen molar-refractivity contribution in [2.24, 2.45) is 5.92 Å². The maximum absolute atomic E-state index is 13.5. The molecule has 1 saturated carbocycles. The van der Waals surface area contributed by atoms with Crippen molar-refractivity contribution >= 4 is 21.6 Å². The summed E-state index contributed by atoms with van der Waals surface area (Å²) in [6.45, 7) is 0. The lowest BCUT2D eigenvalue weighted by atomic mass is 9.98. The summed E-state index contributed by atoms with van der Waals surface area (Å²) in [5, 5.41) is 10.5. The zero-order valence-corrected chi connectivity index (χ0v) is 19.3. The summed E-state index contributed by atoms with van der Waals surface area (Å²) < 4.78 is 37.2. The molecule has 164 valence electrons. The quantitative estimate of drug-likeness (QED) is 0.410. The van der Waals surface area contributed by atoms with E-state index in [0.29, 0.717) is 27.8 Å². The zero-order chi connectivity index (χ0) is 22.7. The van der Waals surface area contributed by atoms with Crippen LogP contribution in [0.2, 0.25) is 0 Å². The Morgan fingerprint density at radius 1 is 1.06 bits per heavy atom. The summed E-state index contributed by atoms with van der Waals surface area (Å²) in [6, 6.07) is 16.7. The van der Waals surface area contributed by atoms with Gasteiger partial charge in [-0.3, -0.25) is 0 Å². The van der Waals surface area contributed by atoms with Crippen LogP contribution in [0.3, 0.4) is 0 Å². The van der Waals surface area contributed by atoms with Gasteiger partial charge in [0.25, 0.3) is 0 Å².